The van der Waals surface area contributed by atoms with Gasteiger partial charge in [-0.05, 0) is 73.0 Å². The highest BCUT2D eigenvalue weighted by molar-refractivity contribution is 5.93. The summed E-state index contributed by atoms with van der Waals surface area (Å²) in [6.07, 6.45) is 14.3. The molecule has 0 spiro atoms. The van der Waals surface area contributed by atoms with Crippen molar-refractivity contribution >= 4 is 11.8 Å². The van der Waals surface area contributed by atoms with Gasteiger partial charge in [0.15, 0.2) is 5.78 Å². The highest BCUT2D eigenvalue weighted by Crippen LogP contribution is 2.65. The summed E-state index contributed by atoms with van der Waals surface area (Å²) in [5.41, 5.74) is 1.31. The Kier molecular flexibility index (Phi) is 5.85. The van der Waals surface area contributed by atoms with Crippen molar-refractivity contribution in [3.8, 4) is 0 Å². The van der Waals surface area contributed by atoms with Gasteiger partial charge in [0, 0.05) is 24.0 Å². The van der Waals surface area contributed by atoms with E-state index in [1.807, 2.05) is 6.08 Å². The van der Waals surface area contributed by atoms with Gasteiger partial charge in [-0.25, -0.2) is 4.79 Å². The number of carbonyl (C=O) groups is 2. The van der Waals surface area contributed by atoms with Crippen LogP contribution < -0.4 is 0 Å². The molecule has 1 aliphatic heterocycles. The van der Waals surface area contributed by atoms with Crippen LogP contribution >= 0.6 is 0 Å². The normalized spacial score (nSPS) is 39.8. The Hall–Kier alpha value is -1.64. The molecule has 2 fully saturated rings. The summed E-state index contributed by atoms with van der Waals surface area (Å²) in [6, 6.07) is 0. The first-order valence-electron chi connectivity index (χ1n) is 12.4. The number of hydrogen-bond donors (Lipinski definition) is 0. The SMILES string of the molecule is CC(C)[C@@H](C)/C=C/[C@@H](C)C1CCC2C3=CC(=O)OC4=CC(=O)CC[C@]4(C)C3CC[C@@]21C. The molecular formula is C28H40O3. The fraction of sp³-hybridized carbons (Fsp3) is 0.714. The van der Waals surface area contributed by atoms with Gasteiger partial charge in [-0.3, -0.25) is 4.79 Å². The zero-order chi connectivity index (χ0) is 22.6. The zero-order valence-corrected chi connectivity index (χ0v) is 20.2. The molecule has 2 saturated carbocycles. The largest absolute Gasteiger partial charge is 0.427 e. The summed E-state index contributed by atoms with van der Waals surface area (Å²) in [6.45, 7) is 14.0. The topological polar surface area (TPSA) is 43.4 Å². The fourth-order valence-electron chi connectivity index (χ4n) is 7.15. The Labute approximate surface area is 188 Å². The van der Waals surface area contributed by atoms with Crippen molar-refractivity contribution in [1.29, 1.82) is 0 Å². The molecule has 0 N–H and O–H groups in total. The van der Waals surface area contributed by atoms with E-state index in [0.717, 1.165) is 19.3 Å². The maximum Gasteiger partial charge on any atom is 0.335 e. The standard InChI is InChI=1S/C28H40O3/c1-17(2)18(3)7-8-19(4)22-9-10-23-21-16-26(30)31-25-15-20(29)11-13-28(25,6)24(21)12-14-27(22,23)5/h7-8,15-19,22-24H,9-14H2,1-6H3/b8-7+/t18-,19+,22?,23?,24?,27+,28+/m0/s1. The minimum Gasteiger partial charge on any atom is -0.427 e. The molecular weight excluding hydrogens is 384 g/mol. The van der Waals surface area contributed by atoms with Crippen LogP contribution in [0.4, 0.5) is 0 Å². The van der Waals surface area contributed by atoms with E-state index >= 15 is 0 Å². The summed E-state index contributed by atoms with van der Waals surface area (Å²) >= 11 is 0. The summed E-state index contributed by atoms with van der Waals surface area (Å²) in [7, 11) is 0. The monoisotopic (exact) mass is 424 g/mol. The van der Waals surface area contributed by atoms with E-state index in [0.29, 0.717) is 47.7 Å². The number of fused-ring (bicyclic) bond motifs is 5. The molecule has 0 aromatic rings. The first-order valence-corrected chi connectivity index (χ1v) is 12.4. The molecule has 4 rings (SSSR count). The molecule has 31 heavy (non-hydrogen) atoms. The van der Waals surface area contributed by atoms with Crippen molar-refractivity contribution in [1.82, 2.24) is 0 Å². The number of hydrogen-bond acceptors (Lipinski definition) is 3. The number of allylic oxidation sites excluding steroid dienone is 5. The van der Waals surface area contributed by atoms with Crippen LogP contribution in [0, 0.1) is 46.3 Å². The lowest BCUT2D eigenvalue weighted by Crippen LogP contribution is -2.44. The van der Waals surface area contributed by atoms with Gasteiger partial charge in [0.05, 0.1) is 0 Å². The highest BCUT2D eigenvalue weighted by Gasteiger charge is 2.57. The number of esters is 1. The molecule has 170 valence electrons. The maximum absolute atomic E-state index is 12.7. The van der Waals surface area contributed by atoms with Crippen LogP contribution in [0.3, 0.4) is 0 Å². The third kappa shape index (κ3) is 3.76. The van der Waals surface area contributed by atoms with Crippen molar-refractivity contribution in [2.45, 2.75) is 80.1 Å². The second-order valence-corrected chi connectivity index (χ2v) is 11.6. The van der Waals surface area contributed by atoms with E-state index in [-0.39, 0.29) is 22.6 Å². The molecule has 0 saturated heterocycles. The average molecular weight is 425 g/mol. The summed E-state index contributed by atoms with van der Waals surface area (Å²) in [5.74, 6) is 3.62. The first-order chi connectivity index (χ1) is 14.6. The van der Waals surface area contributed by atoms with E-state index in [9.17, 15) is 9.59 Å². The molecule has 7 atom stereocenters. The molecule has 0 aromatic carbocycles. The molecule has 0 bridgehead atoms. The smallest absolute Gasteiger partial charge is 0.335 e. The van der Waals surface area contributed by atoms with Crippen molar-refractivity contribution in [2.24, 2.45) is 46.3 Å². The Morgan fingerprint density at radius 1 is 0.968 bits per heavy atom. The average Bonchev–Trinajstić information content (AvgIpc) is 3.01. The lowest BCUT2D eigenvalue weighted by molar-refractivity contribution is -0.136. The Morgan fingerprint density at radius 3 is 2.42 bits per heavy atom. The van der Waals surface area contributed by atoms with Crippen LogP contribution in [-0.4, -0.2) is 11.8 Å². The van der Waals surface area contributed by atoms with E-state index in [1.54, 1.807) is 6.08 Å². The van der Waals surface area contributed by atoms with E-state index in [2.05, 4.69) is 53.7 Å². The minimum absolute atomic E-state index is 0.0848. The number of ketones is 1. The van der Waals surface area contributed by atoms with Crippen LogP contribution in [-0.2, 0) is 14.3 Å². The molecule has 0 radical (unpaired) electrons. The lowest BCUT2D eigenvalue weighted by atomic mass is 9.53. The minimum atomic E-state index is -0.281. The van der Waals surface area contributed by atoms with Crippen molar-refractivity contribution < 1.29 is 14.3 Å². The Bertz CT molecular complexity index is 846. The van der Waals surface area contributed by atoms with Crippen LogP contribution in [0.2, 0.25) is 0 Å². The Balaban J connectivity index is 1.63. The fourth-order valence-corrected chi connectivity index (χ4v) is 7.15. The van der Waals surface area contributed by atoms with Gasteiger partial charge in [0.2, 0.25) is 0 Å². The highest BCUT2D eigenvalue weighted by atomic mass is 16.5. The van der Waals surface area contributed by atoms with Gasteiger partial charge in [0.1, 0.15) is 5.76 Å². The van der Waals surface area contributed by atoms with E-state index in [1.165, 1.54) is 18.4 Å². The van der Waals surface area contributed by atoms with Crippen LogP contribution in [0.5, 0.6) is 0 Å². The number of rotatable bonds is 4. The summed E-state index contributed by atoms with van der Waals surface area (Å²) in [4.78, 5) is 24.8. The molecule has 3 unspecified atom stereocenters. The van der Waals surface area contributed by atoms with E-state index < -0.39 is 0 Å². The van der Waals surface area contributed by atoms with Gasteiger partial charge in [-0.15, -0.1) is 0 Å². The summed E-state index contributed by atoms with van der Waals surface area (Å²) in [5, 5.41) is 0. The third-order valence-corrected chi connectivity index (χ3v) is 9.60. The molecule has 3 nitrogen and oxygen atoms in total. The predicted molar refractivity (Wildman–Crippen MR) is 124 cm³/mol. The van der Waals surface area contributed by atoms with Gasteiger partial charge in [0.25, 0.3) is 0 Å². The summed E-state index contributed by atoms with van der Waals surface area (Å²) < 4.78 is 5.74. The van der Waals surface area contributed by atoms with E-state index in [4.69, 9.17) is 4.74 Å². The maximum atomic E-state index is 12.7. The predicted octanol–water partition coefficient (Wildman–Crippen LogP) is 6.65. The van der Waals surface area contributed by atoms with Crippen LogP contribution in [0.1, 0.15) is 80.1 Å². The van der Waals surface area contributed by atoms with Gasteiger partial charge >= 0.3 is 5.97 Å². The third-order valence-electron chi connectivity index (χ3n) is 9.60. The second kappa shape index (κ2) is 8.05. The second-order valence-electron chi connectivity index (χ2n) is 11.6. The molecule has 4 aliphatic rings. The van der Waals surface area contributed by atoms with Crippen LogP contribution in [0.25, 0.3) is 0 Å². The molecule has 3 heteroatoms. The van der Waals surface area contributed by atoms with Gasteiger partial charge in [-0.2, -0.15) is 0 Å². The molecule has 1 heterocycles. The van der Waals surface area contributed by atoms with Gasteiger partial charge < -0.3 is 4.74 Å². The molecule has 3 aliphatic carbocycles. The number of ether oxygens (including phenoxy) is 1. The van der Waals surface area contributed by atoms with Crippen LogP contribution in [0.15, 0.2) is 35.6 Å². The number of carbonyl (C=O) groups excluding carboxylic acids is 2. The van der Waals surface area contributed by atoms with Crippen molar-refractivity contribution in [3.05, 3.63) is 35.6 Å². The Morgan fingerprint density at radius 2 is 1.71 bits per heavy atom. The van der Waals surface area contributed by atoms with Crippen molar-refractivity contribution in [2.75, 3.05) is 0 Å². The van der Waals surface area contributed by atoms with Crippen molar-refractivity contribution in [3.63, 3.8) is 0 Å². The molecule has 0 aromatic heterocycles. The quantitative estimate of drug-likeness (QED) is 0.375. The lowest BCUT2D eigenvalue weighted by Gasteiger charge is -2.51. The zero-order valence-electron chi connectivity index (χ0n) is 20.2. The molecule has 0 amide bonds. The first kappa shape index (κ1) is 22.6. The van der Waals surface area contributed by atoms with Gasteiger partial charge in [-0.1, -0.05) is 59.3 Å².